The number of anilines is 1. The fourth-order valence-corrected chi connectivity index (χ4v) is 3.05. The molecule has 0 saturated carbocycles. The molecule has 2 aromatic carbocycles. The van der Waals surface area contributed by atoms with Crippen LogP contribution in [0.3, 0.4) is 0 Å². The largest absolute Gasteiger partial charge is 0.497 e. The third-order valence-corrected chi connectivity index (χ3v) is 4.47. The highest BCUT2D eigenvalue weighted by Gasteiger charge is 2.20. The van der Waals surface area contributed by atoms with Crippen molar-refractivity contribution in [1.29, 1.82) is 0 Å². The average molecular weight is 425 g/mol. The highest BCUT2D eigenvalue weighted by molar-refractivity contribution is 6.36. The van der Waals surface area contributed by atoms with Crippen LogP contribution >= 0.6 is 23.2 Å². The van der Waals surface area contributed by atoms with Crippen molar-refractivity contribution in [2.24, 2.45) is 0 Å². The Balaban J connectivity index is 2.17. The van der Waals surface area contributed by atoms with Crippen LogP contribution in [0.4, 0.5) is 5.69 Å². The first-order valence-corrected chi connectivity index (χ1v) is 9.40. The van der Waals surface area contributed by atoms with Crippen LogP contribution in [-0.2, 0) is 4.79 Å². The molecule has 0 aliphatic rings. The number of carbonyl (C=O) groups excluding carboxylic acids is 2. The molecule has 0 aliphatic carbocycles. The molecule has 150 valence electrons. The van der Waals surface area contributed by atoms with Crippen molar-refractivity contribution < 1.29 is 19.1 Å². The Morgan fingerprint density at radius 2 is 1.68 bits per heavy atom. The van der Waals surface area contributed by atoms with Crippen molar-refractivity contribution in [1.82, 2.24) is 4.90 Å². The minimum atomic E-state index is -0.360. The van der Waals surface area contributed by atoms with Gasteiger partial charge in [0, 0.05) is 23.2 Å². The Bertz CT molecular complexity index is 836. The number of hydrogen-bond acceptors (Lipinski definition) is 4. The number of nitrogens with zero attached hydrogens (tertiary/aromatic N) is 1. The van der Waals surface area contributed by atoms with Crippen LogP contribution < -0.4 is 14.8 Å². The molecular formula is C20H22Cl2N2O4. The summed E-state index contributed by atoms with van der Waals surface area (Å²) in [6, 6.07) is 9.68. The highest BCUT2D eigenvalue weighted by atomic mass is 35.5. The Hall–Kier alpha value is -2.44. The predicted molar refractivity (Wildman–Crippen MR) is 111 cm³/mol. The van der Waals surface area contributed by atoms with Gasteiger partial charge in [-0.25, -0.2) is 0 Å². The number of hydrogen-bond donors (Lipinski definition) is 1. The van der Waals surface area contributed by atoms with Gasteiger partial charge in [-0.05, 0) is 36.8 Å². The van der Waals surface area contributed by atoms with E-state index in [-0.39, 0.29) is 18.4 Å². The van der Waals surface area contributed by atoms with Crippen molar-refractivity contribution in [2.45, 2.75) is 13.3 Å². The molecule has 6 nitrogen and oxygen atoms in total. The van der Waals surface area contributed by atoms with E-state index in [1.165, 1.54) is 25.2 Å². The van der Waals surface area contributed by atoms with E-state index < -0.39 is 0 Å². The maximum atomic E-state index is 13.0. The van der Waals surface area contributed by atoms with E-state index in [0.717, 1.165) is 0 Å². The van der Waals surface area contributed by atoms with Crippen molar-refractivity contribution in [3.8, 4) is 11.5 Å². The van der Waals surface area contributed by atoms with E-state index in [1.807, 2.05) is 6.92 Å². The summed E-state index contributed by atoms with van der Waals surface area (Å²) in [5.74, 6) is 0.338. The van der Waals surface area contributed by atoms with E-state index in [9.17, 15) is 9.59 Å². The summed E-state index contributed by atoms with van der Waals surface area (Å²) in [6.07, 6.45) is 0.696. The summed E-state index contributed by atoms with van der Waals surface area (Å²) in [4.78, 5) is 26.9. The van der Waals surface area contributed by atoms with Gasteiger partial charge in [-0.15, -0.1) is 0 Å². The van der Waals surface area contributed by atoms with E-state index in [4.69, 9.17) is 32.7 Å². The molecule has 28 heavy (non-hydrogen) atoms. The zero-order valence-corrected chi connectivity index (χ0v) is 17.4. The van der Waals surface area contributed by atoms with Gasteiger partial charge in [0.2, 0.25) is 5.91 Å². The average Bonchev–Trinajstić information content (AvgIpc) is 2.68. The minimum Gasteiger partial charge on any atom is -0.497 e. The van der Waals surface area contributed by atoms with E-state index >= 15 is 0 Å². The summed E-state index contributed by atoms with van der Waals surface area (Å²) < 4.78 is 10.4. The molecule has 0 bridgehead atoms. The SMILES string of the molecule is CCCN(CC(=O)Nc1ccc(Cl)cc1Cl)C(=O)c1cc(OC)cc(OC)c1. The molecule has 1 N–H and O–H groups in total. The number of benzene rings is 2. The first-order valence-electron chi connectivity index (χ1n) is 8.65. The van der Waals surface area contributed by atoms with Gasteiger partial charge in [0.25, 0.3) is 5.91 Å². The molecule has 0 heterocycles. The maximum Gasteiger partial charge on any atom is 0.254 e. The second-order valence-corrected chi connectivity index (χ2v) is 6.84. The number of nitrogens with one attached hydrogen (secondary N) is 1. The monoisotopic (exact) mass is 424 g/mol. The molecule has 2 rings (SSSR count). The Morgan fingerprint density at radius 1 is 1.04 bits per heavy atom. The van der Waals surface area contributed by atoms with Crippen LogP contribution in [-0.4, -0.2) is 44.0 Å². The number of ether oxygens (including phenoxy) is 2. The molecule has 0 aromatic heterocycles. The lowest BCUT2D eigenvalue weighted by Crippen LogP contribution is -2.38. The van der Waals surface area contributed by atoms with Crippen LogP contribution in [0.2, 0.25) is 10.0 Å². The molecule has 0 atom stereocenters. The predicted octanol–water partition coefficient (Wildman–Crippen LogP) is 4.50. The number of halogens is 2. The van der Waals surface area contributed by atoms with Crippen LogP contribution in [0.5, 0.6) is 11.5 Å². The lowest BCUT2D eigenvalue weighted by molar-refractivity contribution is -0.116. The van der Waals surface area contributed by atoms with E-state index in [0.29, 0.717) is 45.8 Å². The topological polar surface area (TPSA) is 67.9 Å². The fraction of sp³-hybridized carbons (Fsp3) is 0.300. The van der Waals surface area contributed by atoms with E-state index in [1.54, 1.807) is 30.3 Å². The molecule has 0 saturated heterocycles. The number of methoxy groups -OCH3 is 2. The fourth-order valence-electron chi connectivity index (χ4n) is 2.59. The molecule has 0 spiro atoms. The highest BCUT2D eigenvalue weighted by Crippen LogP contribution is 2.26. The normalized spacial score (nSPS) is 10.3. The summed E-state index contributed by atoms with van der Waals surface area (Å²) in [5.41, 5.74) is 0.810. The molecule has 0 unspecified atom stereocenters. The standard InChI is InChI=1S/C20H22Cl2N2O4/c1-4-7-24(12-19(25)23-18-6-5-14(21)10-17(18)22)20(26)13-8-15(27-2)11-16(9-13)28-3/h5-6,8-11H,4,7,12H2,1-3H3,(H,23,25). The zero-order chi connectivity index (χ0) is 20.7. The van der Waals surface area contributed by atoms with Crippen LogP contribution in [0.25, 0.3) is 0 Å². The van der Waals surface area contributed by atoms with Gasteiger partial charge in [-0.1, -0.05) is 30.1 Å². The first-order chi connectivity index (χ1) is 13.4. The van der Waals surface area contributed by atoms with Gasteiger partial charge in [0.1, 0.15) is 18.0 Å². The Morgan fingerprint density at radius 3 is 2.21 bits per heavy atom. The van der Waals surface area contributed by atoms with Crippen LogP contribution in [0.1, 0.15) is 23.7 Å². The number of amides is 2. The lowest BCUT2D eigenvalue weighted by Gasteiger charge is -2.22. The second kappa shape index (κ2) is 10.2. The number of rotatable bonds is 8. The maximum absolute atomic E-state index is 13.0. The summed E-state index contributed by atoms with van der Waals surface area (Å²) in [6.45, 7) is 2.23. The van der Waals surface area contributed by atoms with E-state index in [2.05, 4.69) is 5.32 Å². The third-order valence-electron chi connectivity index (χ3n) is 3.92. The minimum absolute atomic E-state index is 0.120. The van der Waals surface area contributed by atoms with Crippen LogP contribution in [0, 0.1) is 0 Å². The van der Waals surface area contributed by atoms with Crippen molar-refractivity contribution in [3.63, 3.8) is 0 Å². The quantitative estimate of drug-likeness (QED) is 0.676. The molecule has 0 fully saturated rings. The van der Waals surface area contributed by atoms with Crippen molar-refractivity contribution in [3.05, 3.63) is 52.0 Å². The Labute approximate surface area is 174 Å². The van der Waals surface area contributed by atoms with Gasteiger partial charge in [-0.3, -0.25) is 9.59 Å². The molecule has 8 heteroatoms. The lowest BCUT2D eigenvalue weighted by atomic mass is 10.1. The Kier molecular flexibility index (Phi) is 7.96. The summed E-state index contributed by atoms with van der Waals surface area (Å²) >= 11 is 12.0. The van der Waals surface area contributed by atoms with Crippen molar-refractivity contribution >= 4 is 40.7 Å². The third kappa shape index (κ3) is 5.78. The number of carbonyl (C=O) groups is 2. The molecule has 0 radical (unpaired) electrons. The molecule has 2 amide bonds. The summed E-state index contributed by atoms with van der Waals surface area (Å²) in [7, 11) is 3.02. The molecule has 0 aliphatic heterocycles. The zero-order valence-electron chi connectivity index (χ0n) is 15.9. The second-order valence-electron chi connectivity index (χ2n) is 6.00. The van der Waals surface area contributed by atoms with Gasteiger partial charge in [-0.2, -0.15) is 0 Å². The molecule has 2 aromatic rings. The van der Waals surface area contributed by atoms with Gasteiger partial charge >= 0.3 is 0 Å². The first kappa shape index (κ1) is 21.9. The van der Waals surface area contributed by atoms with Crippen molar-refractivity contribution in [2.75, 3.05) is 32.6 Å². The summed E-state index contributed by atoms with van der Waals surface area (Å²) in [5, 5.41) is 3.50. The van der Waals surface area contributed by atoms with Gasteiger partial charge in [0.15, 0.2) is 0 Å². The molecular weight excluding hydrogens is 403 g/mol. The van der Waals surface area contributed by atoms with Gasteiger partial charge in [0.05, 0.1) is 24.9 Å². The van der Waals surface area contributed by atoms with Gasteiger partial charge < -0.3 is 19.7 Å². The smallest absolute Gasteiger partial charge is 0.254 e. The van der Waals surface area contributed by atoms with Crippen LogP contribution in [0.15, 0.2) is 36.4 Å².